The van der Waals surface area contributed by atoms with Gasteiger partial charge in [0.15, 0.2) is 0 Å². The molecule has 9 heteroatoms. The highest BCUT2D eigenvalue weighted by Gasteiger charge is 2.32. The lowest BCUT2D eigenvalue weighted by Crippen LogP contribution is -2.16. The topological polar surface area (TPSA) is 88.0 Å². The van der Waals surface area contributed by atoms with Crippen LogP contribution in [0, 0.1) is 5.92 Å². The zero-order chi connectivity index (χ0) is 23.4. The highest BCUT2D eigenvalue weighted by atomic mass is 19.4. The van der Waals surface area contributed by atoms with Crippen molar-refractivity contribution in [3.8, 4) is 11.3 Å². The number of carboxylic acid groups (broad SMARTS) is 1. The minimum atomic E-state index is -4.48. The maximum absolute atomic E-state index is 12.6. The van der Waals surface area contributed by atoms with E-state index < -0.39 is 17.8 Å². The minimum absolute atomic E-state index is 0.255. The molecule has 1 aliphatic rings. The number of nitrogens with zero attached hydrogens (tertiary/aromatic N) is 3. The number of hydrogen-bond donors (Lipinski definition) is 2. The number of pyridine rings is 1. The first kappa shape index (κ1) is 22.7. The van der Waals surface area contributed by atoms with E-state index in [1.165, 1.54) is 17.8 Å². The number of aromatic nitrogens is 3. The Bertz CT molecular complexity index is 1080. The van der Waals surface area contributed by atoms with Crippen molar-refractivity contribution in [3.05, 3.63) is 66.2 Å². The van der Waals surface area contributed by atoms with Crippen molar-refractivity contribution in [1.29, 1.82) is 0 Å². The zero-order valence-corrected chi connectivity index (χ0v) is 17.7. The van der Waals surface area contributed by atoms with E-state index in [-0.39, 0.29) is 12.3 Å². The summed E-state index contributed by atoms with van der Waals surface area (Å²) in [6, 6.07) is 10.4. The first-order valence-corrected chi connectivity index (χ1v) is 10.7. The van der Waals surface area contributed by atoms with E-state index in [0.717, 1.165) is 43.5 Å². The quantitative estimate of drug-likeness (QED) is 0.470. The second kappa shape index (κ2) is 9.56. The fourth-order valence-corrected chi connectivity index (χ4v) is 4.20. The molecule has 3 aromatic rings. The molecule has 172 valence electrons. The summed E-state index contributed by atoms with van der Waals surface area (Å²) >= 11 is 0. The summed E-state index contributed by atoms with van der Waals surface area (Å²) in [5.41, 5.74) is 2.27. The van der Waals surface area contributed by atoms with Gasteiger partial charge in [0.25, 0.3) is 0 Å². The third-order valence-electron chi connectivity index (χ3n) is 5.97. The summed E-state index contributed by atoms with van der Waals surface area (Å²) in [6.45, 7) is 0. The highest BCUT2D eigenvalue weighted by molar-refractivity contribution is 5.67. The smallest absolute Gasteiger partial charge is 0.433 e. The molecule has 2 N–H and O–H groups in total. The number of hydrogen-bond acceptors (Lipinski definition) is 5. The van der Waals surface area contributed by atoms with Gasteiger partial charge in [0, 0.05) is 12.0 Å². The molecule has 1 aromatic carbocycles. The third-order valence-corrected chi connectivity index (χ3v) is 5.97. The van der Waals surface area contributed by atoms with Crippen LogP contribution in [0.15, 0.2) is 55.0 Å². The molecule has 1 saturated carbocycles. The van der Waals surface area contributed by atoms with E-state index in [2.05, 4.69) is 32.4 Å². The van der Waals surface area contributed by atoms with E-state index in [9.17, 15) is 18.0 Å². The Labute approximate surface area is 188 Å². The number of anilines is 2. The van der Waals surface area contributed by atoms with Gasteiger partial charge in [0.05, 0.1) is 30.0 Å². The van der Waals surface area contributed by atoms with Gasteiger partial charge >= 0.3 is 12.1 Å². The first-order valence-electron chi connectivity index (χ1n) is 10.7. The number of halogens is 3. The standard InChI is InChI=1S/C24H23F3N4O2/c25-24(26,27)21-10-9-19(12-29-21)31-22-14-28-20(13-30-22)18-7-5-17(6-8-18)16-3-1-15(2-4-16)11-23(32)33/h5-10,12-16H,1-4,11H2,(H,30,31)(H,32,33)/t15-,16+. The van der Waals surface area contributed by atoms with Gasteiger partial charge in [-0.25, -0.2) is 9.97 Å². The van der Waals surface area contributed by atoms with Crippen LogP contribution in [-0.2, 0) is 11.0 Å². The van der Waals surface area contributed by atoms with Crippen LogP contribution in [-0.4, -0.2) is 26.0 Å². The molecule has 0 bridgehead atoms. The second-order valence-electron chi connectivity index (χ2n) is 8.28. The number of rotatable bonds is 6. The number of alkyl halides is 3. The van der Waals surface area contributed by atoms with Crippen molar-refractivity contribution in [2.24, 2.45) is 5.92 Å². The van der Waals surface area contributed by atoms with Gasteiger partial charge in [-0.15, -0.1) is 0 Å². The van der Waals surface area contributed by atoms with Gasteiger partial charge < -0.3 is 10.4 Å². The monoisotopic (exact) mass is 456 g/mol. The fraction of sp³-hybridized carbons (Fsp3) is 0.333. The summed E-state index contributed by atoms with van der Waals surface area (Å²) in [5.74, 6) is 0.397. The normalized spacial score (nSPS) is 18.6. The predicted octanol–water partition coefficient (Wildman–Crippen LogP) is 6.05. The number of benzene rings is 1. The van der Waals surface area contributed by atoms with Gasteiger partial charge in [-0.1, -0.05) is 24.3 Å². The van der Waals surface area contributed by atoms with Crippen LogP contribution < -0.4 is 5.32 Å². The van der Waals surface area contributed by atoms with Crippen molar-refractivity contribution in [2.75, 3.05) is 5.32 Å². The minimum Gasteiger partial charge on any atom is -0.481 e. The van der Waals surface area contributed by atoms with E-state index in [1.807, 2.05) is 12.1 Å². The Morgan fingerprint density at radius 1 is 0.939 bits per heavy atom. The summed E-state index contributed by atoms with van der Waals surface area (Å²) in [6.07, 6.45) is 3.87. The predicted molar refractivity (Wildman–Crippen MR) is 117 cm³/mol. The van der Waals surface area contributed by atoms with Crippen LogP contribution in [0.25, 0.3) is 11.3 Å². The van der Waals surface area contributed by atoms with Gasteiger partial charge in [-0.05, 0) is 55.2 Å². The van der Waals surface area contributed by atoms with Gasteiger partial charge in [0.2, 0.25) is 0 Å². The lowest BCUT2D eigenvalue weighted by atomic mass is 9.77. The molecule has 0 aliphatic heterocycles. The highest BCUT2D eigenvalue weighted by Crippen LogP contribution is 2.37. The summed E-state index contributed by atoms with van der Waals surface area (Å²) in [5, 5.41) is 11.8. The summed E-state index contributed by atoms with van der Waals surface area (Å²) < 4.78 is 37.8. The van der Waals surface area contributed by atoms with Crippen LogP contribution in [0.1, 0.15) is 49.3 Å². The van der Waals surface area contributed by atoms with Crippen molar-refractivity contribution >= 4 is 17.5 Å². The molecule has 33 heavy (non-hydrogen) atoms. The average molecular weight is 456 g/mol. The zero-order valence-electron chi connectivity index (χ0n) is 17.7. The van der Waals surface area contributed by atoms with Crippen molar-refractivity contribution < 1.29 is 23.1 Å². The van der Waals surface area contributed by atoms with E-state index in [0.29, 0.717) is 23.1 Å². The van der Waals surface area contributed by atoms with E-state index >= 15 is 0 Å². The van der Waals surface area contributed by atoms with Crippen LogP contribution in [0.3, 0.4) is 0 Å². The molecule has 0 atom stereocenters. The maximum Gasteiger partial charge on any atom is 0.433 e. The van der Waals surface area contributed by atoms with Gasteiger partial charge in [0.1, 0.15) is 11.5 Å². The Hall–Kier alpha value is -3.49. The SMILES string of the molecule is O=C(O)C[C@H]1CC[C@@H](c2ccc(-c3cnc(Nc4ccc(C(F)(F)F)nc4)cn3)cc2)CC1. The number of carbonyl (C=O) groups is 1. The third kappa shape index (κ3) is 5.85. The molecule has 0 unspecified atom stereocenters. The largest absolute Gasteiger partial charge is 0.481 e. The van der Waals surface area contributed by atoms with Gasteiger partial charge in [-0.2, -0.15) is 13.2 Å². The van der Waals surface area contributed by atoms with Gasteiger partial charge in [-0.3, -0.25) is 9.78 Å². The molecule has 1 fully saturated rings. The molecule has 0 radical (unpaired) electrons. The molecule has 1 aliphatic carbocycles. The van der Waals surface area contributed by atoms with Crippen molar-refractivity contribution in [2.45, 2.75) is 44.2 Å². The average Bonchev–Trinajstić information content (AvgIpc) is 2.80. The number of nitrogens with one attached hydrogen (secondary N) is 1. The molecule has 0 spiro atoms. The molecule has 0 amide bonds. The first-order chi connectivity index (χ1) is 15.8. The van der Waals surface area contributed by atoms with E-state index in [4.69, 9.17) is 5.11 Å². The Kier molecular flexibility index (Phi) is 6.57. The molecule has 4 rings (SSSR count). The molecule has 0 saturated heterocycles. The molecule has 2 heterocycles. The van der Waals surface area contributed by atoms with Crippen LogP contribution in [0.2, 0.25) is 0 Å². The number of aliphatic carboxylic acids is 1. The Morgan fingerprint density at radius 2 is 1.67 bits per heavy atom. The maximum atomic E-state index is 12.6. The number of carboxylic acids is 1. The van der Waals surface area contributed by atoms with Crippen LogP contribution in [0.4, 0.5) is 24.7 Å². The summed E-state index contributed by atoms with van der Waals surface area (Å²) in [4.78, 5) is 23.0. The second-order valence-corrected chi connectivity index (χ2v) is 8.28. The van der Waals surface area contributed by atoms with Crippen molar-refractivity contribution in [1.82, 2.24) is 15.0 Å². The van der Waals surface area contributed by atoms with E-state index in [1.54, 1.807) is 6.20 Å². The lowest BCUT2D eigenvalue weighted by Gasteiger charge is -2.28. The molecular formula is C24H23F3N4O2. The molecule has 2 aromatic heterocycles. The summed E-state index contributed by atoms with van der Waals surface area (Å²) in [7, 11) is 0. The molecule has 6 nitrogen and oxygen atoms in total. The Balaban J connectivity index is 1.36. The lowest BCUT2D eigenvalue weighted by molar-refractivity contribution is -0.141. The van der Waals surface area contributed by atoms with Crippen LogP contribution >= 0.6 is 0 Å². The van der Waals surface area contributed by atoms with Crippen LogP contribution in [0.5, 0.6) is 0 Å². The Morgan fingerprint density at radius 3 is 2.21 bits per heavy atom. The molecular weight excluding hydrogens is 433 g/mol. The van der Waals surface area contributed by atoms with Crippen molar-refractivity contribution in [3.63, 3.8) is 0 Å². The fourth-order valence-electron chi connectivity index (χ4n) is 4.20.